The lowest BCUT2D eigenvalue weighted by Gasteiger charge is -2.27. The van der Waals surface area contributed by atoms with E-state index in [1.807, 2.05) is 18.2 Å². The maximum absolute atomic E-state index is 13.5. The molecule has 0 unspecified atom stereocenters. The topological polar surface area (TPSA) is 93.5 Å². The Labute approximate surface area is 232 Å². The number of methoxy groups -OCH3 is 3. The lowest BCUT2D eigenvalue weighted by atomic mass is 10.1. The van der Waals surface area contributed by atoms with Gasteiger partial charge in [-0.25, -0.2) is 4.79 Å². The summed E-state index contributed by atoms with van der Waals surface area (Å²) in [6.45, 7) is 0.912. The minimum absolute atomic E-state index is 0.174. The number of rotatable bonds is 13. The van der Waals surface area contributed by atoms with Gasteiger partial charge in [0.15, 0.2) is 11.5 Å². The fraction of sp³-hybridized carbons (Fsp3) is 0.333. The molecule has 38 heavy (non-hydrogen) atoms. The number of nitrogens with one attached hydrogen (secondary N) is 1. The number of hydrogen-bond acceptors (Lipinski definition) is 6. The number of nitrogens with zero attached hydrogens (tertiary/aromatic N) is 2. The first kappa shape index (κ1) is 29.2. The third-order valence-electron chi connectivity index (χ3n) is 5.75. The summed E-state index contributed by atoms with van der Waals surface area (Å²) in [6.07, 6.45) is 2.11. The number of benzene rings is 2. The maximum Gasteiger partial charge on any atom is 0.322 e. The van der Waals surface area contributed by atoms with Crippen molar-refractivity contribution >= 4 is 40.8 Å². The first-order chi connectivity index (χ1) is 18.3. The molecule has 1 heterocycles. The van der Waals surface area contributed by atoms with Crippen molar-refractivity contribution in [3.8, 4) is 11.5 Å². The van der Waals surface area contributed by atoms with Crippen LogP contribution < -0.4 is 14.8 Å². The van der Waals surface area contributed by atoms with Crippen LogP contribution in [0.4, 0.5) is 10.5 Å². The molecule has 0 fully saturated rings. The standard InChI is InChI=1S/C27H31Cl2N3O6/c1-35-14-12-32(27(34)30-23-8-7-20(28)16-22(23)29)18-26(33)31(17-21-5-4-13-38-21)11-10-19-6-9-24(36-2)25(15-19)37-3/h4-9,13,15-16H,10-12,14,17-18H2,1-3H3,(H,30,34). The van der Waals surface area contributed by atoms with Crippen molar-refractivity contribution in [2.75, 3.05) is 52.9 Å². The van der Waals surface area contributed by atoms with Crippen LogP contribution >= 0.6 is 23.2 Å². The fourth-order valence-corrected chi connectivity index (χ4v) is 4.14. The molecule has 9 nitrogen and oxygen atoms in total. The highest BCUT2D eigenvalue weighted by molar-refractivity contribution is 6.36. The van der Waals surface area contributed by atoms with Crippen LogP contribution in [0.3, 0.4) is 0 Å². The molecule has 0 aliphatic carbocycles. The maximum atomic E-state index is 13.5. The second kappa shape index (κ2) is 14.5. The molecule has 0 saturated carbocycles. The molecule has 1 N–H and O–H groups in total. The van der Waals surface area contributed by atoms with E-state index in [2.05, 4.69) is 5.32 Å². The van der Waals surface area contributed by atoms with E-state index in [1.165, 1.54) is 18.1 Å². The Bertz CT molecular complexity index is 1210. The number of carbonyl (C=O) groups is 2. The summed E-state index contributed by atoms with van der Waals surface area (Å²) < 4.78 is 21.3. The summed E-state index contributed by atoms with van der Waals surface area (Å²) in [4.78, 5) is 29.6. The summed E-state index contributed by atoms with van der Waals surface area (Å²) in [7, 11) is 4.68. The third kappa shape index (κ3) is 8.31. The average Bonchev–Trinajstić information content (AvgIpc) is 3.43. The molecule has 3 amide bonds. The van der Waals surface area contributed by atoms with Gasteiger partial charge in [0.2, 0.25) is 5.91 Å². The average molecular weight is 564 g/mol. The highest BCUT2D eigenvalue weighted by atomic mass is 35.5. The Morgan fingerprint density at radius 2 is 1.74 bits per heavy atom. The van der Waals surface area contributed by atoms with Crippen molar-refractivity contribution in [1.82, 2.24) is 9.80 Å². The molecule has 11 heteroatoms. The molecule has 3 aromatic rings. The van der Waals surface area contributed by atoms with Gasteiger partial charge in [0.25, 0.3) is 0 Å². The lowest BCUT2D eigenvalue weighted by Crippen LogP contribution is -2.46. The second-order valence-electron chi connectivity index (χ2n) is 8.30. The van der Waals surface area contributed by atoms with Gasteiger partial charge in [0.1, 0.15) is 12.3 Å². The summed E-state index contributed by atoms with van der Waals surface area (Å²) in [5.74, 6) is 1.61. The molecule has 0 aliphatic heterocycles. The van der Waals surface area contributed by atoms with E-state index in [9.17, 15) is 9.59 Å². The molecule has 3 rings (SSSR count). The van der Waals surface area contributed by atoms with E-state index in [-0.39, 0.29) is 32.1 Å². The first-order valence-electron chi connectivity index (χ1n) is 11.9. The number of furan rings is 1. The Kier molecular flexibility index (Phi) is 11.1. The van der Waals surface area contributed by atoms with E-state index >= 15 is 0 Å². The minimum Gasteiger partial charge on any atom is -0.493 e. The number of hydrogen-bond donors (Lipinski definition) is 1. The molecule has 0 radical (unpaired) electrons. The van der Waals surface area contributed by atoms with Crippen LogP contribution in [0.15, 0.2) is 59.2 Å². The third-order valence-corrected chi connectivity index (χ3v) is 6.30. The Balaban J connectivity index is 1.74. The van der Waals surface area contributed by atoms with Crippen LogP contribution in [0.25, 0.3) is 0 Å². The molecule has 204 valence electrons. The van der Waals surface area contributed by atoms with Crippen LogP contribution in [-0.2, 0) is 22.5 Å². The first-order valence-corrected chi connectivity index (χ1v) is 12.6. The number of amides is 3. The Morgan fingerprint density at radius 1 is 0.947 bits per heavy atom. The number of urea groups is 1. The van der Waals surface area contributed by atoms with E-state index in [4.69, 9.17) is 41.8 Å². The van der Waals surface area contributed by atoms with E-state index in [1.54, 1.807) is 49.6 Å². The van der Waals surface area contributed by atoms with E-state index < -0.39 is 6.03 Å². The van der Waals surface area contributed by atoms with Gasteiger partial charge in [0, 0.05) is 25.2 Å². The molecule has 0 saturated heterocycles. The van der Waals surface area contributed by atoms with Crippen LogP contribution in [0.5, 0.6) is 11.5 Å². The molecular weight excluding hydrogens is 533 g/mol. The van der Waals surface area contributed by atoms with Crippen molar-refractivity contribution in [1.29, 1.82) is 0 Å². The minimum atomic E-state index is -0.488. The predicted molar refractivity (Wildman–Crippen MR) is 146 cm³/mol. The van der Waals surface area contributed by atoms with Crippen molar-refractivity contribution < 1.29 is 28.2 Å². The zero-order valence-electron chi connectivity index (χ0n) is 21.5. The summed E-state index contributed by atoms with van der Waals surface area (Å²) in [6, 6.07) is 13.5. The molecule has 0 aliphatic rings. The summed E-state index contributed by atoms with van der Waals surface area (Å²) in [5.41, 5.74) is 1.35. The van der Waals surface area contributed by atoms with Gasteiger partial charge in [-0.15, -0.1) is 0 Å². The highest BCUT2D eigenvalue weighted by Gasteiger charge is 2.23. The van der Waals surface area contributed by atoms with Gasteiger partial charge in [-0.3, -0.25) is 4.79 Å². The number of carbonyl (C=O) groups excluding carboxylic acids is 2. The van der Waals surface area contributed by atoms with Crippen LogP contribution in [0.1, 0.15) is 11.3 Å². The number of ether oxygens (including phenoxy) is 3. The zero-order chi connectivity index (χ0) is 27.5. The predicted octanol–water partition coefficient (Wildman–Crippen LogP) is 5.36. The van der Waals surface area contributed by atoms with Gasteiger partial charge in [-0.2, -0.15) is 0 Å². The monoisotopic (exact) mass is 563 g/mol. The van der Waals surface area contributed by atoms with Crippen LogP contribution in [-0.4, -0.2) is 69.3 Å². The van der Waals surface area contributed by atoms with Gasteiger partial charge in [-0.1, -0.05) is 29.3 Å². The summed E-state index contributed by atoms with van der Waals surface area (Å²) in [5, 5.41) is 3.48. The molecular formula is C27H31Cl2N3O6. The second-order valence-corrected chi connectivity index (χ2v) is 9.15. The van der Waals surface area contributed by atoms with Crippen LogP contribution in [0, 0.1) is 0 Å². The van der Waals surface area contributed by atoms with Crippen molar-refractivity contribution in [3.63, 3.8) is 0 Å². The lowest BCUT2D eigenvalue weighted by molar-refractivity contribution is -0.132. The van der Waals surface area contributed by atoms with E-state index in [0.717, 1.165) is 5.56 Å². The molecule has 2 aromatic carbocycles. The van der Waals surface area contributed by atoms with Crippen molar-refractivity contribution in [2.24, 2.45) is 0 Å². The van der Waals surface area contributed by atoms with E-state index in [0.29, 0.717) is 46.0 Å². The van der Waals surface area contributed by atoms with Crippen molar-refractivity contribution in [3.05, 3.63) is 76.2 Å². The molecule has 1 aromatic heterocycles. The van der Waals surface area contributed by atoms with Gasteiger partial charge >= 0.3 is 6.03 Å². The molecule has 0 atom stereocenters. The Morgan fingerprint density at radius 3 is 2.39 bits per heavy atom. The highest BCUT2D eigenvalue weighted by Crippen LogP contribution is 2.28. The Hall–Kier alpha value is -3.40. The SMILES string of the molecule is COCCN(CC(=O)N(CCc1ccc(OC)c(OC)c1)Cc1ccco1)C(=O)Nc1ccc(Cl)cc1Cl. The number of halogens is 2. The van der Waals surface area contributed by atoms with Gasteiger partial charge in [-0.05, 0) is 54.4 Å². The normalized spacial score (nSPS) is 10.7. The largest absolute Gasteiger partial charge is 0.493 e. The fourth-order valence-electron chi connectivity index (χ4n) is 3.69. The van der Waals surface area contributed by atoms with Crippen LogP contribution in [0.2, 0.25) is 10.0 Å². The van der Waals surface area contributed by atoms with Gasteiger partial charge < -0.3 is 33.7 Å². The quantitative estimate of drug-likeness (QED) is 0.301. The zero-order valence-corrected chi connectivity index (χ0v) is 23.1. The smallest absolute Gasteiger partial charge is 0.322 e. The molecule has 0 bridgehead atoms. The van der Waals surface area contributed by atoms with Gasteiger partial charge in [0.05, 0.1) is 44.3 Å². The number of anilines is 1. The summed E-state index contributed by atoms with van der Waals surface area (Å²) >= 11 is 12.2. The van der Waals surface area contributed by atoms with Crippen molar-refractivity contribution in [2.45, 2.75) is 13.0 Å². The molecule has 0 spiro atoms.